The first-order chi connectivity index (χ1) is 5.68. The largest absolute Gasteiger partial charge is 0.352 e. The van der Waals surface area contributed by atoms with E-state index in [-0.39, 0.29) is 11.6 Å². The second kappa shape index (κ2) is 3.71. The number of halogens is 1. The zero-order chi connectivity index (χ0) is 8.97. The van der Waals surface area contributed by atoms with E-state index in [1.807, 2.05) is 0 Å². The van der Waals surface area contributed by atoms with E-state index in [0.29, 0.717) is 0 Å². The van der Waals surface area contributed by atoms with E-state index in [2.05, 4.69) is 9.78 Å². The monoisotopic (exact) mass is 170 g/mol. The van der Waals surface area contributed by atoms with E-state index in [1.54, 1.807) is 0 Å². The molecule has 1 aromatic rings. The molecule has 0 aliphatic heterocycles. The molecule has 0 unspecified atom stereocenters. The maximum Gasteiger partial charge on any atom is 0.352 e. The fourth-order valence-electron chi connectivity index (χ4n) is 0.597. The van der Waals surface area contributed by atoms with Crippen LogP contribution in [0.4, 0.5) is 4.39 Å². The molecule has 0 aromatic heterocycles. The summed E-state index contributed by atoms with van der Waals surface area (Å²) in [6.45, 7) is 1.21. The van der Waals surface area contributed by atoms with Gasteiger partial charge in [-0.25, -0.2) is 9.18 Å². The Morgan fingerprint density at radius 1 is 1.33 bits per heavy atom. The fraction of sp³-hybridized carbons (Fsp3) is 0.125. The molecule has 0 saturated heterocycles. The third-order valence-corrected chi connectivity index (χ3v) is 1.07. The van der Waals surface area contributed by atoms with Gasteiger partial charge in [-0.3, -0.25) is 9.78 Å². The molecular formula is C8H7FO3. The standard InChI is InChI=1S/C8H7FO3/c1-6(10)11-12-8-4-2-7(9)3-5-8/h2-5H,1H3. The summed E-state index contributed by atoms with van der Waals surface area (Å²) >= 11 is 0. The summed E-state index contributed by atoms with van der Waals surface area (Å²) in [6, 6.07) is 5.13. The van der Waals surface area contributed by atoms with Crippen LogP contribution in [0.15, 0.2) is 24.3 Å². The van der Waals surface area contributed by atoms with Crippen LogP contribution in [0, 0.1) is 5.82 Å². The molecule has 0 bridgehead atoms. The van der Waals surface area contributed by atoms with Gasteiger partial charge in [-0.05, 0) is 24.3 Å². The predicted octanol–water partition coefficient (Wildman–Crippen LogP) is 1.68. The number of hydrogen-bond donors (Lipinski definition) is 0. The highest BCUT2D eigenvalue weighted by atomic mass is 19.1. The van der Waals surface area contributed by atoms with E-state index in [9.17, 15) is 9.18 Å². The number of hydrogen-bond acceptors (Lipinski definition) is 3. The zero-order valence-electron chi connectivity index (χ0n) is 6.41. The lowest BCUT2D eigenvalue weighted by Gasteiger charge is -2.00. The molecule has 0 radical (unpaired) electrons. The molecule has 0 aliphatic carbocycles. The maximum absolute atomic E-state index is 12.3. The van der Waals surface area contributed by atoms with Crippen molar-refractivity contribution in [2.45, 2.75) is 6.92 Å². The van der Waals surface area contributed by atoms with Crippen molar-refractivity contribution < 1.29 is 19.0 Å². The average Bonchev–Trinajstić information content (AvgIpc) is 2.03. The van der Waals surface area contributed by atoms with Crippen LogP contribution in [0.3, 0.4) is 0 Å². The van der Waals surface area contributed by atoms with Gasteiger partial charge in [-0.1, -0.05) is 0 Å². The van der Waals surface area contributed by atoms with Crippen molar-refractivity contribution in [1.82, 2.24) is 0 Å². The van der Waals surface area contributed by atoms with Crippen LogP contribution in [-0.4, -0.2) is 5.97 Å². The lowest BCUT2D eigenvalue weighted by molar-refractivity contribution is -0.210. The first-order valence-electron chi connectivity index (χ1n) is 3.29. The van der Waals surface area contributed by atoms with E-state index >= 15 is 0 Å². The summed E-state index contributed by atoms with van der Waals surface area (Å²) in [5.41, 5.74) is 0. The van der Waals surface area contributed by atoms with Crippen molar-refractivity contribution in [2.24, 2.45) is 0 Å². The molecule has 1 rings (SSSR count). The summed E-state index contributed by atoms with van der Waals surface area (Å²) in [5, 5.41) is 0. The molecule has 1 aromatic carbocycles. The molecule has 64 valence electrons. The van der Waals surface area contributed by atoms with Gasteiger partial charge in [0.25, 0.3) is 0 Å². The second-order valence-electron chi connectivity index (χ2n) is 2.11. The first kappa shape index (κ1) is 8.52. The van der Waals surface area contributed by atoms with Gasteiger partial charge in [0.05, 0.1) is 0 Å². The molecule has 0 aliphatic rings. The van der Waals surface area contributed by atoms with Gasteiger partial charge in [0, 0.05) is 6.92 Å². The molecule has 0 N–H and O–H groups in total. The third kappa shape index (κ3) is 2.57. The minimum Gasteiger partial charge on any atom is -0.287 e. The van der Waals surface area contributed by atoms with Crippen molar-refractivity contribution in [3.63, 3.8) is 0 Å². The van der Waals surface area contributed by atoms with Gasteiger partial charge >= 0.3 is 5.97 Å². The summed E-state index contributed by atoms with van der Waals surface area (Å²) in [7, 11) is 0. The van der Waals surface area contributed by atoms with Crippen molar-refractivity contribution in [1.29, 1.82) is 0 Å². The number of carbonyl (C=O) groups excluding carboxylic acids is 1. The van der Waals surface area contributed by atoms with Crippen molar-refractivity contribution in [2.75, 3.05) is 0 Å². The Morgan fingerprint density at radius 2 is 1.92 bits per heavy atom. The highest BCUT2D eigenvalue weighted by Gasteiger charge is 1.97. The Hall–Kier alpha value is -1.58. The normalized spacial score (nSPS) is 9.17. The number of rotatable bonds is 2. The van der Waals surface area contributed by atoms with Crippen LogP contribution in [-0.2, 0) is 9.68 Å². The van der Waals surface area contributed by atoms with Gasteiger partial charge in [0.15, 0.2) is 5.75 Å². The van der Waals surface area contributed by atoms with Crippen molar-refractivity contribution >= 4 is 5.97 Å². The summed E-state index contributed by atoms with van der Waals surface area (Å²) < 4.78 is 12.3. The molecule has 0 fully saturated rings. The van der Waals surface area contributed by atoms with Crippen LogP contribution in [0.2, 0.25) is 0 Å². The number of benzene rings is 1. The third-order valence-electron chi connectivity index (χ3n) is 1.07. The Morgan fingerprint density at radius 3 is 2.42 bits per heavy atom. The Kier molecular flexibility index (Phi) is 2.63. The zero-order valence-corrected chi connectivity index (χ0v) is 6.41. The topological polar surface area (TPSA) is 35.5 Å². The summed E-state index contributed by atoms with van der Waals surface area (Å²) in [5.74, 6) is -0.642. The van der Waals surface area contributed by atoms with Crippen LogP contribution in [0.5, 0.6) is 5.75 Å². The molecule has 4 heteroatoms. The average molecular weight is 170 g/mol. The Bertz CT molecular complexity index is 268. The van der Waals surface area contributed by atoms with Gasteiger partial charge < -0.3 is 0 Å². The lowest BCUT2D eigenvalue weighted by Crippen LogP contribution is -2.02. The van der Waals surface area contributed by atoms with Gasteiger partial charge in [0.2, 0.25) is 0 Å². The smallest absolute Gasteiger partial charge is 0.287 e. The van der Waals surface area contributed by atoms with Crippen LogP contribution < -0.4 is 4.89 Å². The lowest BCUT2D eigenvalue weighted by atomic mass is 10.3. The van der Waals surface area contributed by atoms with Gasteiger partial charge in [-0.2, -0.15) is 0 Å². The van der Waals surface area contributed by atoms with E-state index in [1.165, 1.54) is 31.2 Å². The van der Waals surface area contributed by atoms with Gasteiger partial charge in [-0.15, -0.1) is 0 Å². The van der Waals surface area contributed by atoms with E-state index in [4.69, 9.17) is 0 Å². The van der Waals surface area contributed by atoms with Crippen LogP contribution in [0.1, 0.15) is 6.92 Å². The predicted molar refractivity (Wildman–Crippen MR) is 38.8 cm³/mol. The highest BCUT2D eigenvalue weighted by molar-refractivity contribution is 5.65. The minimum atomic E-state index is -0.556. The highest BCUT2D eigenvalue weighted by Crippen LogP contribution is 2.10. The molecule has 0 amide bonds. The summed E-state index contributed by atoms with van der Waals surface area (Å²) in [4.78, 5) is 19.0. The van der Waals surface area contributed by atoms with Crippen molar-refractivity contribution in [3.05, 3.63) is 30.1 Å². The summed E-state index contributed by atoms with van der Waals surface area (Å²) in [6.07, 6.45) is 0. The molecule has 3 nitrogen and oxygen atoms in total. The molecule has 0 atom stereocenters. The Labute approximate surface area is 68.6 Å². The fourth-order valence-corrected chi connectivity index (χ4v) is 0.597. The van der Waals surface area contributed by atoms with E-state index in [0.717, 1.165) is 0 Å². The molecule has 12 heavy (non-hydrogen) atoms. The van der Waals surface area contributed by atoms with Crippen LogP contribution in [0.25, 0.3) is 0 Å². The SMILES string of the molecule is CC(=O)OOc1ccc(F)cc1. The minimum absolute atomic E-state index is 0.284. The first-order valence-corrected chi connectivity index (χ1v) is 3.29. The second-order valence-corrected chi connectivity index (χ2v) is 2.11. The number of carbonyl (C=O) groups is 1. The molecule has 0 saturated carbocycles. The van der Waals surface area contributed by atoms with E-state index < -0.39 is 5.97 Å². The Balaban J connectivity index is 2.53. The van der Waals surface area contributed by atoms with Crippen molar-refractivity contribution in [3.8, 4) is 5.75 Å². The maximum atomic E-state index is 12.3. The molecular weight excluding hydrogens is 163 g/mol. The van der Waals surface area contributed by atoms with Crippen LogP contribution >= 0.6 is 0 Å². The molecule has 0 spiro atoms. The quantitative estimate of drug-likeness (QED) is 0.500. The van der Waals surface area contributed by atoms with Gasteiger partial charge in [0.1, 0.15) is 5.82 Å². The molecule has 0 heterocycles.